The first-order valence-corrected chi connectivity index (χ1v) is 8.20. The Labute approximate surface area is 148 Å². The highest BCUT2D eigenvalue weighted by molar-refractivity contribution is 5.90. The average Bonchev–Trinajstić information content (AvgIpc) is 3.24. The number of pyridine rings is 1. The number of anilines is 1. The molecule has 1 fully saturated rings. The number of hydrogen-bond acceptors (Lipinski definition) is 4. The van der Waals surface area contributed by atoms with Crippen molar-refractivity contribution in [2.75, 3.05) is 31.5 Å². The third-order valence-corrected chi connectivity index (χ3v) is 4.08. The monoisotopic (exact) mass is 368 g/mol. The molecular formula is C16H19F3N6O. The van der Waals surface area contributed by atoms with Gasteiger partial charge in [0.25, 0.3) is 0 Å². The molecule has 0 unspecified atom stereocenters. The van der Waals surface area contributed by atoms with Crippen LogP contribution in [0.15, 0.2) is 36.8 Å². The van der Waals surface area contributed by atoms with Gasteiger partial charge in [0, 0.05) is 31.7 Å². The number of nitrogens with one attached hydrogen (secondary N) is 2. The van der Waals surface area contributed by atoms with Crippen LogP contribution in [0.2, 0.25) is 0 Å². The Balaban J connectivity index is 1.50. The van der Waals surface area contributed by atoms with E-state index in [0.29, 0.717) is 37.6 Å². The molecule has 1 aliphatic rings. The molecule has 26 heavy (non-hydrogen) atoms. The highest BCUT2D eigenvalue weighted by Crippen LogP contribution is 2.22. The number of amides is 2. The lowest BCUT2D eigenvalue weighted by Crippen LogP contribution is -2.36. The molecule has 1 atom stereocenters. The summed E-state index contributed by atoms with van der Waals surface area (Å²) in [6, 6.07) is 4.70. The number of likely N-dealkylation sites (tertiary alicyclic amines) is 1. The fraction of sp³-hybridized carbons (Fsp3) is 0.438. The molecule has 2 amide bonds. The summed E-state index contributed by atoms with van der Waals surface area (Å²) in [6.07, 6.45) is 1.34. The van der Waals surface area contributed by atoms with Crippen molar-refractivity contribution in [2.45, 2.75) is 12.6 Å². The number of carbonyl (C=O) groups excluding carboxylic acids is 1. The summed E-state index contributed by atoms with van der Waals surface area (Å²) in [5.41, 5.74) is 0.485. The second-order valence-electron chi connectivity index (χ2n) is 6.17. The van der Waals surface area contributed by atoms with Crippen LogP contribution in [0.3, 0.4) is 0 Å². The Morgan fingerprint density at radius 1 is 1.31 bits per heavy atom. The zero-order valence-electron chi connectivity index (χ0n) is 13.9. The van der Waals surface area contributed by atoms with E-state index in [1.165, 1.54) is 9.58 Å². The molecule has 2 N–H and O–H groups in total. The Hall–Kier alpha value is -2.62. The van der Waals surface area contributed by atoms with Crippen molar-refractivity contribution in [3.63, 3.8) is 0 Å². The van der Waals surface area contributed by atoms with Crippen LogP contribution in [-0.2, 0) is 0 Å². The van der Waals surface area contributed by atoms with Gasteiger partial charge >= 0.3 is 12.2 Å². The maximum atomic E-state index is 12.4. The number of halogens is 3. The Bertz CT molecular complexity index is 734. The number of carbonyl (C=O) groups is 1. The van der Waals surface area contributed by atoms with Crippen LogP contribution in [0.25, 0.3) is 5.82 Å². The maximum Gasteiger partial charge on any atom is 0.401 e. The van der Waals surface area contributed by atoms with Crippen LogP contribution in [0, 0.1) is 5.92 Å². The van der Waals surface area contributed by atoms with Crippen molar-refractivity contribution in [3.8, 4) is 5.82 Å². The van der Waals surface area contributed by atoms with Crippen molar-refractivity contribution in [1.82, 2.24) is 25.0 Å². The molecule has 1 aliphatic heterocycles. The van der Waals surface area contributed by atoms with Crippen LogP contribution in [0.4, 0.5) is 23.7 Å². The predicted molar refractivity (Wildman–Crippen MR) is 89.0 cm³/mol. The van der Waals surface area contributed by atoms with E-state index >= 15 is 0 Å². The van der Waals surface area contributed by atoms with Gasteiger partial charge in [0.1, 0.15) is 0 Å². The van der Waals surface area contributed by atoms with Gasteiger partial charge in [-0.3, -0.25) is 4.90 Å². The molecule has 0 radical (unpaired) electrons. The first-order chi connectivity index (χ1) is 12.4. The minimum Gasteiger partial charge on any atom is -0.338 e. The van der Waals surface area contributed by atoms with E-state index in [-0.39, 0.29) is 5.92 Å². The topological polar surface area (TPSA) is 75.1 Å². The van der Waals surface area contributed by atoms with Crippen LogP contribution in [0.5, 0.6) is 0 Å². The second kappa shape index (κ2) is 7.73. The van der Waals surface area contributed by atoms with E-state index in [1.54, 1.807) is 36.8 Å². The molecule has 3 heterocycles. The summed E-state index contributed by atoms with van der Waals surface area (Å²) in [5.74, 6) is 0.479. The average molecular weight is 368 g/mol. The first kappa shape index (κ1) is 18.2. The molecule has 0 spiro atoms. The summed E-state index contributed by atoms with van der Waals surface area (Å²) >= 11 is 0. The zero-order chi connectivity index (χ0) is 18.6. The highest BCUT2D eigenvalue weighted by Gasteiger charge is 2.34. The fourth-order valence-corrected chi connectivity index (χ4v) is 2.95. The lowest BCUT2D eigenvalue weighted by atomic mass is 10.1. The van der Waals surface area contributed by atoms with E-state index in [9.17, 15) is 18.0 Å². The number of urea groups is 1. The van der Waals surface area contributed by atoms with Gasteiger partial charge in [-0.2, -0.15) is 18.3 Å². The Morgan fingerprint density at radius 2 is 2.15 bits per heavy atom. The number of aromatic nitrogens is 3. The number of hydrogen-bond donors (Lipinski definition) is 2. The molecule has 2 aromatic rings. The lowest BCUT2D eigenvalue weighted by Gasteiger charge is -2.18. The smallest absolute Gasteiger partial charge is 0.338 e. The molecule has 1 saturated heterocycles. The van der Waals surface area contributed by atoms with Crippen molar-refractivity contribution in [3.05, 3.63) is 36.8 Å². The van der Waals surface area contributed by atoms with Crippen LogP contribution in [-0.4, -0.2) is 58.1 Å². The minimum atomic E-state index is -4.19. The van der Waals surface area contributed by atoms with Gasteiger partial charge in [-0.15, -0.1) is 0 Å². The summed E-state index contributed by atoms with van der Waals surface area (Å²) in [4.78, 5) is 17.7. The SMILES string of the molecule is O=C(NC[C@@H]1CCN(CC(F)(F)F)C1)Nc1cccnc1-n1cccn1. The van der Waals surface area contributed by atoms with Crippen molar-refractivity contribution < 1.29 is 18.0 Å². The zero-order valence-corrected chi connectivity index (χ0v) is 13.9. The third-order valence-electron chi connectivity index (χ3n) is 4.08. The van der Waals surface area contributed by atoms with E-state index in [4.69, 9.17) is 0 Å². The van der Waals surface area contributed by atoms with E-state index in [2.05, 4.69) is 20.7 Å². The van der Waals surface area contributed by atoms with Gasteiger partial charge in [-0.1, -0.05) is 0 Å². The van der Waals surface area contributed by atoms with E-state index in [1.807, 2.05) is 0 Å². The van der Waals surface area contributed by atoms with E-state index in [0.717, 1.165) is 0 Å². The molecule has 0 aliphatic carbocycles. The normalized spacial score (nSPS) is 18.0. The van der Waals surface area contributed by atoms with Crippen LogP contribution < -0.4 is 10.6 Å². The van der Waals surface area contributed by atoms with Gasteiger partial charge < -0.3 is 10.6 Å². The van der Waals surface area contributed by atoms with Crippen molar-refractivity contribution in [2.24, 2.45) is 5.92 Å². The predicted octanol–water partition coefficient (Wildman–Crippen LogP) is 2.27. The van der Waals surface area contributed by atoms with E-state index < -0.39 is 18.8 Å². The summed E-state index contributed by atoms with van der Waals surface area (Å²) < 4.78 is 38.8. The lowest BCUT2D eigenvalue weighted by molar-refractivity contribution is -0.143. The van der Waals surface area contributed by atoms with Crippen LogP contribution in [0.1, 0.15) is 6.42 Å². The Kier molecular flexibility index (Phi) is 5.40. The second-order valence-corrected chi connectivity index (χ2v) is 6.17. The molecule has 3 rings (SSSR count). The quantitative estimate of drug-likeness (QED) is 0.849. The molecule has 140 valence electrons. The third kappa shape index (κ3) is 4.94. The van der Waals surface area contributed by atoms with Crippen molar-refractivity contribution >= 4 is 11.7 Å². The van der Waals surface area contributed by atoms with Gasteiger partial charge in [0.05, 0.1) is 12.2 Å². The standard InChI is InChI=1S/C16H19F3N6O/c17-16(18,19)11-24-8-4-12(10-24)9-21-15(26)23-13-3-1-5-20-14(13)25-7-2-6-22-25/h1-3,5-7,12H,4,8-11H2,(H2,21,23,26)/t12-/m0/s1. The Morgan fingerprint density at radius 3 is 2.88 bits per heavy atom. The van der Waals surface area contributed by atoms with Gasteiger partial charge in [0.15, 0.2) is 5.82 Å². The molecule has 0 aromatic carbocycles. The molecule has 0 bridgehead atoms. The molecule has 10 heteroatoms. The van der Waals surface area contributed by atoms with Gasteiger partial charge in [-0.25, -0.2) is 14.5 Å². The number of alkyl halides is 3. The molecular weight excluding hydrogens is 349 g/mol. The number of rotatable bonds is 5. The molecule has 7 nitrogen and oxygen atoms in total. The molecule has 0 saturated carbocycles. The van der Waals surface area contributed by atoms with Crippen LogP contribution >= 0.6 is 0 Å². The first-order valence-electron chi connectivity index (χ1n) is 8.20. The van der Waals surface area contributed by atoms with Gasteiger partial charge in [0.2, 0.25) is 0 Å². The van der Waals surface area contributed by atoms with Gasteiger partial charge in [-0.05, 0) is 37.1 Å². The molecule has 2 aromatic heterocycles. The maximum absolute atomic E-state index is 12.4. The number of nitrogens with zero attached hydrogens (tertiary/aromatic N) is 4. The summed E-state index contributed by atoms with van der Waals surface area (Å²) in [5, 5.41) is 9.50. The van der Waals surface area contributed by atoms with Crippen molar-refractivity contribution in [1.29, 1.82) is 0 Å². The minimum absolute atomic E-state index is 0.00239. The fourth-order valence-electron chi connectivity index (χ4n) is 2.95. The largest absolute Gasteiger partial charge is 0.401 e. The summed E-state index contributed by atoms with van der Waals surface area (Å²) in [6.45, 7) is 0.126. The highest BCUT2D eigenvalue weighted by atomic mass is 19.4. The summed E-state index contributed by atoms with van der Waals surface area (Å²) in [7, 11) is 0.